The Morgan fingerprint density at radius 2 is 1.92 bits per heavy atom. The first-order chi connectivity index (χ1) is 12.1. The molecule has 0 radical (unpaired) electrons. The Balaban J connectivity index is 1.52. The number of nitrogens with one attached hydrogen (secondary N) is 1. The number of fused-ring (bicyclic) bond motifs is 1. The van der Waals surface area contributed by atoms with Gasteiger partial charge in [0, 0.05) is 37.9 Å². The summed E-state index contributed by atoms with van der Waals surface area (Å²) in [6, 6.07) is 5.03. The minimum atomic E-state index is -0.297. The molecule has 8 heteroatoms. The number of ether oxygens (including phenoxy) is 3. The molecule has 2 aliphatic rings. The number of nitrogens with zero attached hydrogens (tertiary/aromatic N) is 2. The third-order valence-electron chi connectivity index (χ3n) is 4.41. The van der Waals surface area contributed by atoms with Crippen molar-refractivity contribution in [2.45, 2.75) is 19.9 Å². The van der Waals surface area contributed by atoms with Crippen LogP contribution in [0.15, 0.2) is 18.2 Å². The van der Waals surface area contributed by atoms with E-state index in [4.69, 9.17) is 14.2 Å². The van der Waals surface area contributed by atoms with Crippen LogP contribution < -0.4 is 14.8 Å². The van der Waals surface area contributed by atoms with E-state index in [2.05, 4.69) is 10.2 Å². The third kappa shape index (κ3) is 3.96. The van der Waals surface area contributed by atoms with E-state index in [1.165, 1.54) is 0 Å². The number of hydrogen-bond donors (Lipinski definition) is 1. The van der Waals surface area contributed by atoms with Gasteiger partial charge in [0.05, 0.1) is 12.6 Å². The molecule has 2 heterocycles. The Kier molecular flexibility index (Phi) is 5.28. The van der Waals surface area contributed by atoms with Gasteiger partial charge < -0.3 is 24.4 Å². The van der Waals surface area contributed by atoms with Gasteiger partial charge in [-0.15, -0.1) is 0 Å². The van der Waals surface area contributed by atoms with Gasteiger partial charge in [0.25, 0.3) is 0 Å². The van der Waals surface area contributed by atoms with Crippen LogP contribution in [0.1, 0.15) is 13.8 Å². The third-order valence-corrected chi connectivity index (χ3v) is 4.41. The van der Waals surface area contributed by atoms with Gasteiger partial charge in [-0.1, -0.05) is 0 Å². The van der Waals surface area contributed by atoms with Gasteiger partial charge in [-0.2, -0.15) is 0 Å². The standard InChI is InChI=1S/C17H23N3O5/c1-3-23-17(22)20-8-6-19(7-9-20)12(2)16(21)18-13-4-5-14-15(10-13)25-11-24-14/h4-5,10,12H,3,6-9,11H2,1-2H3,(H,18,21)/t12-/m0/s1. The smallest absolute Gasteiger partial charge is 0.409 e. The van der Waals surface area contributed by atoms with Crippen LogP contribution in [0.4, 0.5) is 10.5 Å². The summed E-state index contributed by atoms with van der Waals surface area (Å²) in [5, 5.41) is 2.90. The molecule has 2 aliphatic heterocycles. The largest absolute Gasteiger partial charge is 0.454 e. The van der Waals surface area contributed by atoms with Crippen molar-refractivity contribution >= 4 is 17.7 Å². The molecule has 0 bridgehead atoms. The summed E-state index contributed by atoms with van der Waals surface area (Å²) in [5.41, 5.74) is 0.672. The van der Waals surface area contributed by atoms with Crippen molar-refractivity contribution < 1.29 is 23.8 Å². The van der Waals surface area contributed by atoms with E-state index >= 15 is 0 Å². The van der Waals surface area contributed by atoms with Crippen molar-refractivity contribution in [2.24, 2.45) is 0 Å². The van der Waals surface area contributed by atoms with Crippen LogP contribution in [0, 0.1) is 0 Å². The second kappa shape index (κ2) is 7.60. The van der Waals surface area contributed by atoms with Crippen LogP contribution in [0.2, 0.25) is 0 Å². The molecule has 136 valence electrons. The number of benzene rings is 1. The van der Waals surface area contributed by atoms with Crippen molar-refractivity contribution in [2.75, 3.05) is 44.9 Å². The van der Waals surface area contributed by atoms with Gasteiger partial charge in [-0.05, 0) is 26.0 Å². The Morgan fingerprint density at radius 3 is 2.64 bits per heavy atom. The monoisotopic (exact) mass is 349 g/mol. The number of piperazine rings is 1. The molecule has 1 fully saturated rings. The first-order valence-electron chi connectivity index (χ1n) is 8.44. The highest BCUT2D eigenvalue weighted by Crippen LogP contribution is 2.34. The van der Waals surface area contributed by atoms with E-state index in [9.17, 15) is 9.59 Å². The summed E-state index contributed by atoms with van der Waals surface area (Å²) in [7, 11) is 0. The SMILES string of the molecule is CCOC(=O)N1CCN([C@@H](C)C(=O)Nc2ccc3c(c2)OCO3)CC1. The maximum atomic E-state index is 12.5. The zero-order valence-corrected chi connectivity index (χ0v) is 14.5. The highest BCUT2D eigenvalue weighted by atomic mass is 16.7. The molecule has 25 heavy (non-hydrogen) atoms. The summed E-state index contributed by atoms with van der Waals surface area (Å²) in [6.45, 7) is 6.60. The Bertz CT molecular complexity index is 643. The molecule has 0 unspecified atom stereocenters. The van der Waals surface area contributed by atoms with Crippen LogP contribution in [-0.2, 0) is 9.53 Å². The van der Waals surface area contributed by atoms with Gasteiger partial charge in [0.2, 0.25) is 12.7 Å². The van der Waals surface area contributed by atoms with E-state index in [1.807, 2.05) is 6.92 Å². The Hall–Kier alpha value is -2.48. The number of carbonyl (C=O) groups is 2. The molecule has 8 nitrogen and oxygen atoms in total. The maximum Gasteiger partial charge on any atom is 0.409 e. The first kappa shape index (κ1) is 17.3. The molecular weight excluding hydrogens is 326 g/mol. The zero-order valence-electron chi connectivity index (χ0n) is 14.5. The van der Waals surface area contributed by atoms with E-state index in [1.54, 1.807) is 30.0 Å². The van der Waals surface area contributed by atoms with Gasteiger partial charge in [0.1, 0.15) is 0 Å². The summed E-state index contributed by atoms with van der Waals surface area (Å²) < 4.78 is 15.6. The molecule has 3 rings (SSSR count). The average Bonchev–Trinajstić information content (AvgIpc) is 3.09. The molecule has 2 amide bonds. The molecule has 1 aromatic rings. The summed E-state index contributed by atoms with van der Waals surface area (Å²) >= 11 is 0. The molecule has 1 saturated heterocycles. The topological polar surface area (TPSA) is 80.3 Å². The molecule has 0 aromatic heterocycles. The predicted molar refractivity (Wildman–Crippen MR) is 90.8 cm³/mol. The predicted octanol–water partition coefficient (Wildman–Crippen LogP) is 1.52. The molecule has 1 aromatic carbocycles. The molecule has 0 saturated carbocycles. The van der Waals surface area contributed by atoms with Crippen molar-refractivity contribution in [1.29, 1.82) is 0 Å². The minimum Gasteiger partial charge on any atom is -0.454 e. The Morgan fingerprint density at radius 1 is 1.20 bits per heavy atom. The van der Waals surface area contributed by atoms with Gasteiger partial charge in [-0.25, -0.2) is 4.79 Å². The lowest BCUT2D eigenvalue weighted by Crippen LogP contribution is -2.54. The van der Waals surface area contributed by atoms with Crippen molar-refractivity contribution in [1.82, 2.24) is 9.80 Å². The van der Waals surface area contributed by atoms with E-state index in [0.717, 1.165) is 0 Å². The fraction of sp³-hybridized carbons (Fsp3) is 0.529. The van der Waals surface area contributed by atoms with Gasteiger partial charge in [-0.3, -0.25) is 9.69 Å². The molecule has 1 atom stereocenters. The second-order valence-corrected chi connectivity index (χ2v) is 5.96. The minimum absolute atomic E-state index is 0.0940. The molecule has 0 spiro atoms. The van der Waals surface area contributed by atoms with Crippen LogP contribution in [-0.4, -0.2) is 67.4 Å². The number of anilines is 1. The van der Waals surface area contributed by atoms with Crippen LogP contribution in [0.3, 0.4) is 0 Å². The van der Waals surface area contributed by atoms with Crippen LogP contribution in [0.5, 0.6) is 11.5 Å². The average molecular weight is 349 g/mol. The van der Waals surface area contributed by atoms with Gasteiger partial charge in [0.15, 0.2) is 11.5 Å². The summed E-state index contributed by atoms with van der Waals surface area (Å²) in [4.78, 5) is 27.9. The van der Waals surface area contributed by atoms with Crippen LogP contribution >= 0.6 is 0 Å². The number of carbonyl (C=O) groups excluding carboxylic acids is 2. The number of amides is 2. The Labute approximate surface area is 146 Å². The van der Waals surface area contributed by atoms with Crippen LogP contribution in [0.25, 0.3) is 0 Å². The zero-order chi connectivity index (χ0) is 17.8. The number of hydrogen-bond acceptors (Lipinski definition) is 6. The fourth-order valence-corrected chi connectivity index (χ4v) is 2.89. The van der Waals surface area contributed by atoms with Crippen molar-refractivity contribution in [3.8, 4) is 11.5 Å². The van der Waals surface area contributed by atoms with E-state index in [-0.39, 0.29) is 24.8 Å². The summed E-state index contributed by atoms with van der Waals surface area (Å²) in [5.74, 6) is 1.22. The number of rotatable bonds is 4. The maximum absolute atomic E-state index is 12.5. The quantitative estimate of drug-likeness (QED) is 0.888. The summed E-state index contributed by atoms with van der Waals surface area (Å²) in [6.07, 6.45) is -0.292. The van der Waals surface area contributed by atoms with Gasteiger partial charge >= 0.3 is 6.09 Å². The molecule has 1 N–H and O–H groups in total. The lowest BCUT2D eigenvalue weighted by Gasteiger charge is -2.36. The highest BCUT2D eigenvalue weighted by Gasteiger charge is 2.28. The normalized spacial score (nSPS) is 17.9. The fourth-order valence-electron chi connectivity index (χ4n) is 2.89. The molecule has 0 aliphatic carbocycles. The van der Waals surface area contributed by atoms with Crippen molar-refractivity contribution in [3.05, 3.63) is 18.2 Å². The highest BCUT2D eigenvalue weighted by molar-refractivity contribution is 5.94. The van der Waals surface area contributed by atoms with E-state index < -0.39 is 0 Å². The second-order valence-electron chi connectivity index (χ2n) is 5.96. The lowest BCUT2D eigenvalue weighted by molar-refractivity contribution is -0.121. The first-order valence-corrected chi connectivity index (χ1v) is 8.44. The molecular formula is C17H23N3O5. The van der Waals surface area contributed by atoms with E-state index in [0.29, 0.717) is 50.0 Å². The van der Waals surface area contributed by atoms with Crippen molar-refractivity contribution in [3.63, 3.8) is 0 Å². The lowest BCUT2D eigenvalue weighted by atomic mass is 10.2.